The van der Waals surface area contributed by atoms with Crippen LogP contribution in [0.1, 0.15) is 41.0 Å². The van der Waals surface area contributed by atoms with Gasteiger partial charge in [-0.05, 0) is 31.7 Å². The summed E-state index contributed by atoms with van der Waals surface area (Å²) >= 11 is 0. The van der Waals surface area contributed by atoms with E-state index < -0.39 is 5.54 Å². The first-order valence-corrected chi connectivity index (χ1v) is 7.60. The van der Waals surface area contributed by atoms with Gasteiger partial charge in [-0.15, -0.1) is 0 Å². The van der Waals surface area contributed by atoms with Gasteiger partial charge in [-0.25, -0.2) is 0 Å². The maximum absolute atomic E-state index is 12.7. The van der Waals surface area contributed by atoms with Crippen molar-refractivity contribution >= 4 is 5.97 Å². The lowest BCUT2D eigenvalue weighted by Gasteiger charge is -2.47. The SMILES string of the molecule is CCOC(=O)C(C(C)C)(C(C)C)N1CCCNCC1. The highest BCUT2D eigenvalue weighted by Crippen LogP contribution is 2.35. The molecule has 1 heterocycles. The van der Waals surface area contributed by atoms with Crippen molar-refractivity contribution in [1.82, 2.24) is 10.2 Å². The Morgan fingerprint density at radius 2 is 1.84 bits per heavy atom. The summed E-state index contributed by atoms with van der Waals surface area (Å²) in [5.74, 6) is 0.427. The van der Waals surface area contributed by atoms with E-state index in [1.807, 2.05) is 6.92 Å². The van der Waals surface area contributed by atoms with Gasteiger partial charge in [-0.3, -0.25) is 9.69 Å². The molecule has 0 aromatic carbocycles. The molecule has 0 saturated carbocycles. The molecule has 4 heteroatoms. The number of rotatable bonds is 5. The highest BCUT2D eigenvalue weighted by Gasteiger charge is 2.50. The Balaban J connectivity index is 3.10. The topological polar surface area (TPSA) is 41.6 Å². The average molecular weight is 270 g/mol. The smallest absolute Gasteiger partial charge is 0.327 e. The summed E-state index contributed by atoms with van der Waals surface area (Å²) in [6, 6.07) is 0. The van der Waals surface area contributed by atoms with Crippen LogP contribution in [0.2, 0.25) is 0 Å². The second kappa shape index (κ2) is 7.25. The molecule has 0 spiro atoms. The molecule has 112 valence electrons. The summed E-state index contributed by atoms with van der Waals surface area (Å²) in [6.07, 6.45) is 1.08. The first-order chi connectivity index (χ1) is 8.97. The zero-order chi connectivity index (χ0) is 14.5. The first kappa shape index (κ1) is 16.4. The van der Waals surface area contributed by atoms with Gasteiger partial charge >= 0.3 is 5.97 Å². The van der Waals surface area contributed by atoms with E-state index in [4.69, 9.17) is 4.74 Å². The molecule has 0 atom stereocenters. The number of carbonyl (C=O) groups is 1. The van der Waals surface area contributed by atoms with Crippen molar-refractivity contribution in [1.29, 1.82) is 0 Å². The standard InChI is InChI=1S/C15H30N2O2/c1-6-19-14(18)15(12(2)3,13(4)5)17-10-7-8-16-9-11-17/h12-13,16H,6-11H2,1-5H3. The maximum atomic E-state index is 12.7. The van der Waals surface area contributed by atoms with E-state index in [9.17, 15) is 4.79 Å². The Morgan fingerprint density at radius 1 is 1.21 bits per heavy atom. The molecule has 0 radical (unpaired) electrons. The molecule has 1 fully saturated rings. The van der Waals surface area contributed by atoms with Gasteiger partial charge in [0.05, 0.1) is 6.61 Å². The van der Waals surface area contributed by atoms with E-state index in [2.05, 4.69) is 37.9 Å². The van der Waals surface area contributed by atoms with Crippen LogP contribution in [0.15, 0.2) is 0 Å². The van der Waals surface area contributed by atoms with Crippen LogP contribution in [-0.4, -0.2) is 49.2 Å². The number of hydrogen-bond donors (Lipinski definition) is 1. The lowest BCUT2D eigenvalue weighted by molar-refractivity contribution is -0.166. The van der Waals surface area contributed by atoms with Crippen LogP contribution in [0.5, 0.6) is 0 Å². The normalized spacial score (nSPS) is 18.7. The Morgan fingerprint density at radius 3 is 2.37 bits per heavy atom. The van der Waals surface area contributed by atoms with E-state index >= 15 is 0 Å². The minimum Gasteiger partial charge on any atom is -0.465 e. The summed E-state index contributed by atoms with van der Waals surface area (Å²) in [6.45, 7) is 14.7. The van der Waals surface area contributed by atoms with E-state index in [1.54, 1.807) is 0 Å². The molecule has 0 bridgehead atoms. The second-order valence-electron chi connectivity index (χ2n) is 5.95. The van der Waals surface area contributed by atoms with Crippen LogP contribution in [0.4, 0.5) is 0 Å². The van der Waals surface area contributed by atoms with Crippen molar-refractivity contribution in [2.75, 3.05) is 32.8 Å². The molecule has 0 aliphatic carbocycles. The second-order valence-corrected chi connectivity index (χ2v) is 5.95. The summed E-state index contributed by atoms with van der Waals surface area (Å²) in [7, 11) is 0. The van der Waals surface area contributed by atoms with Crippen LogP contribution in [0.25, 0.3) is 0 Å². The Labute approximate surface area is 117 Å². The molecule has 1 aliphatic rings. The van der Waals surface area contributed by atoms with Crippen LogP contribution < -0.4 is 5.32 Å². The third kappa shape index (κ3) is 3.29. The van der Waals surface area contributed by atoms with E-state index in [0.29, 0.717) is 6.61 Å². The van der Waals surface area contributed by atoms with Gasteiger partial charge < -0.3 is 10.1 Å². The number of hydrogen-bond acceptors (Lipinski definition) is 4. The fourth-order valence-corrected chi connectivity index (χ4v) is 3.46. The third-order valence-corrected chi connectivity index (χ3v) is 4.23. The molecule has 19 heavy (non-hydrogen) atoms. The number of nitrogens with one attached hydrogen (secondary N) is 1. The summed E-state index contributed by atoms with van der Waals surface area (Å²) in [5.41, 5.74) is -0.498. The molecule has 0 amide bonds. The number of esters is 1. The molecule has 4 nitrogen and oxygen atoms in total. The number of carbonyl (C=O) groups excluding carboxylic acids is 1. The van der Waals surface area contributed by atoms with Crippen molar-refractivity contribution in [3.05, 3.63) is 0 Å². The van der Waals surface area contributed by atoms with Crippen LogP contribution in [0.3, 0.4) is 0 Å². The van der Waals surface area contributed by atoms with Gasteiger partial charge in [0.2, 0.25) is 0 Å². The predicted octanol–water partition coefficient (Wildman–Crippen LogP) is 1.90. The van der Waals surface area contributed by atoms with Crippen molar-refractivity contribution in [3.63, 3.8) is 0 Å². The fraction of sp³-hybridized carbons (Fsp3) is 0.933. The molecule has 0 aromatic rings. The highest BCUT2D eigenvalue weighted by atomic mass is 16.5. The zero-order valence-electron chi connectivity index (χ0n) is 13.2. The monoisotopic (exact) mass is 270 g/mol. The van der Waals surface area contributed by atoms with Gasteiger partial charge in [0.25, 0.3) is 0 Å². The maximum Gasteiger partial charge on any atom is 0.327 e. The number of nitrogens with zero attached hydrogens (tertiary/aromatic N) is 1. The van der Waals surface area contributed by atoms with Gasteiger partial charge in [-0.1, -0.05) is 27.7 Å². The van der Waals surface area contributed by atoms with Crippen LogP contribution >= 0.6 is 0 Å². The molecule has 1 N–H and O–H groups in total. The van der Waals surface area contributed by atoms with Crippen molar-refractivity contribution in [2.24, 2.45) is 11.8 Å². The van der Waals surface area contributed by atoms with Crippen LogP contribution in [0, 0.1) is 11.8 Å². The summed E-state index contributed by atoms with van der Waals surface area (Å²) < 4.78 is 5.42. The molecule has 1 saturated heterocycles. The molecule has 0 unspecified atom stereocenters. The molecular formula is C15H30N2O2. The lowest BCUT2D eigenvalue weighted by Crippen LogP contribution is -2.63. The third-order valence-electron chi connectivity index (χ3n) is 4.23. The molecule has 1 aliphatic heterocycles. The quantitative estimate of drug-likeness (QED) is 0.775. The van der Waals surface area contributed by atoms with E-state index in [-0.39, 0.29) is 17.8 Å². The Bertz CT molecular complexity index is 274. The molecule has 0 aromatic heterocycles. The van der Waals surface area contributed by atoms with Gasteiger partial charge in [0, 0.05) is 19.6 Å². The minimum atomic E-state index is -0.498. The zero-order valence-corrected chi connectivity index (χ0v) is 13.2. The van der Waals surface area contributed by atoms with Crippen LogP contribution in [-0.2, 0) is 9.53 Å². The van der Waals surface area contributed by atoms with E-state index in [1.165, 1.54) is 0 Å². The van der Waals surface area contributed by atoms with Gasteiger partial charge in [0.1, 0.15) is 5.54 Å². The molecule has 1 rings (SSSR count). The van der Waals surface area contributed by atoms with Gasteiger partial charge in [0.15, 0.2) is 0 Å². The summed E-state index contributed by atoms with van der Waals surface area (Å²) in [5, 5.41) is 3.40. The highest BCUT2D eigenvalue weighted by molar-refractivity contribution is 5.81. The Kier molecular flexibility index (Phi) is 6.27. The lowest BCUT2D eigenvalue weighted by atomic mass is 9.75. The van der Waals surface area contributed by atoms with Crippen molar-refractivity contribution in [2.45, 2.75) is 46.6 Å². The predicted molar refractivity (Wildman–Crippen MR) is 78.1 cm³/mol. The number of ether oxygens (including phenoxy) is 1. The largest absolute Gasteiger partial charge is 0.465 e. The van der Waals surface area contributed by atoms with Crippen molar-refractivity contribution < 1.29 is 9.53 Å². The minimum absolute atomic E-state index is 0.0538. The average Bonchev–Trinajstić information content (AvgIpc) is 2.58. The molecular weight excluding hydrogens is 240 g/mol. The van der Waals surface area contributed by atoms with Gasteiger partial charge in [-0.2, -0.15) is 0 Å². The fourth-order valence-electron chi connectivity index (χ4n) is 3.46. The summed E-state index contributed by atoms with van der Waals surface area (Å²) in [4.78, 5) is 15.0. The van der Waals surface area contributed by atoms with Crippen molar-refractivity contribution in [3.8, 4) is 0 Å². The van der Waals surface area contributed by atoms with E-state index in [0.717, 1.165) is 32.6 Å². The first-order valence-electron chi connectivity index (χ1n) is 7.60. The Hall–Kier alpha value is -0.610.